The number of rotatable bonds is 5. The first-order valence-corrected chi connectivity index (χ1v) is 6.95. The molecule has 1 atom stereocenters. The third-order valence-corrected chi connectivity index (χ3v) is 3.28. The van der Waals surface area contributed by atoms with E-state index in [-0.39, 0.29) is 18.2 Å². The van der Waals surface area contributed by atoms with Crippen molar-refractivity contribution >= 4 is 11.6 Å². The Labute approximate surface area is 127 Å². The predicted molar refractivity (Wildman–Crippen MR) is 79.5 cm³/mol. The van der Waals surface area contributed by atoms with Gasteiger partial charge in [0.1, 0.15) is 24.0 Å². The monoisotopic (exact) mass is 311 g/mol. The second-order valence-corrected chi connectivity index (χ2v) is 5.34. The summed E-state index contributed by atoms with van der Waals surface area (Å²) in [5.74, 6) is -0.775. The van der Waals surface area contributed by atoms with Crippen LogP contribution in [-0.2, 0) is 13.0 Å². The van der Waals surface area contributed by atoms with Crippen molar-refractivity contribution in [3.05, 3.63) is 64.2 Å². The molecule has 2 N–H and O–H groups in total. The van der Waals surface area contributed by atoms with E-state index in [2.05, 4.69) is 0 Å². The summed E-state index contributed by atoms with van der Waals surface area (Å²) in [7, 11) is 0. The number of para-hydroxylation sites is 1. The molecule has 2 aromatic rings. The summed E-state index contributed by atoms with van der Waals surface area (Å²) in [6.07, 6.45) is 0.599. The topological polar surface area (TPSA) is 35.2 Å². The highest BCUT2D eigenvalue weighted by molar-refractivity contribution is 6.32. The van der Waals surface area contributed by atoms with E-state index < -0.39 is 11.6 Å². The van der Waals surface area contributed by atoms with E-state index in [0.29, 0.717) is 17.2 Å². The van der Waals surface area contributed by atoms with Gasteiger partial charge in [-0.05, 0) is 37.1 Å². The summed E-state index contributed by atoms with van der Waals surface area (Å²) in [5.41, 5.74) is 6.92. The molecule has 0 aliphatic carbocycles. The summed E-state index contributed by atoms with van der Waals surface area (Å²) < 4.78 is 32.1. The van der Waals surface area contributed by atoms with Crippen LogP contribution in [0.3, 0.4) is 0 Å². The zero-order valence-corrected chi connectivity index (χ0v) is 12.3. The maximum absolute atomic E-state index is 13.6. The minimum atomic E-state index is -0.643. The molecule has 0 aromatic heterocycles. The lowest BCUT2D eigenvalue weighted by Crippen LogP contribution is -2.18. The van der Waals surface area contributed by atoms with E-state index in [0.717, 1.165) is 11.6 Å². The summed E-state index contributed by atoms with van der Waals surface area (Å²) in [5, 5.41) is 0.440. The third kappa shape index (κ3) is 4.16. The van der Waals surface area contributed by atoms with Gasteiger partial charge in [0.05, 0.1) is 5.02 Å². The third-order valence-electron chi connectivity index (χ3n) is 2.98. The van der Waals surface area contributed by atoms with Crippen molar-refractivity contribution in [1.29, 1.82) is 0 Å². The molecule has 0 saturated carbocycles. The highest BCUT2D eigenvalue weighted by Gasteiger charge is 2.12. The minimum absolute atomic E-state index is 0.0260. The minimum Gasteiger partial charge on any atom is -0.487 e. The average Bonchev–Trinajstić information content (AvgIpc) is 2.39. The average molecular weight is 312 g/mol. The Hall–Kier alpha value is -1.65. The molecule has 0 amide bonds. The van der Waals surface area contributed by atoms with Crippen molar-refractivity contribution in [3.8, 4) is 5.75 Å². The van der Waals surface area contributed by atoms with Gasteiger partial charge in [-0.25, -0.2) is 8.78 Å². The number of ether oxygens (including phenoxy) is 1. The quantitative estimate of drug-likeness (QED) is 0.902. The summed E-state index contributed by atoms with van der Waals surface area (Å²) in [6, 6.07) is 8.70. The molecule has 1 unspecified atom stereocenters. The Morgan fingerprint density at radius 3 is 2.62 bits per heavy atom. The van der Waals surface area contributed by atoms with Crippen LogP contribution in [0.1, 0.15) is 18.1 Å². The smallest absolute Gasteiger partial charge is 0.141 e. The van der Waals surface area contributed by atoms with Crippen LogP contribution in [-0.4, -0.2) is 6.04 Å². The molecule has 21 heavy (non-hydrogen) atoms. The van der Waals surface area contributed by atoms with Crippen molar-refractivity contribution in [2.24, 2.45) is 5.73 Å². The number of hydrogen-bond acceptors (Lipinski definition) is 2. The number of halogens is 3. The zero-order chi connectivity index (χ0) is 15.4. The fourth-order valence-electron chi connectivity index (χ4n) is 2.01. The van der Waals surface area contributed by atoms with Crippen molar-refractivity contribution in [1.82, 2.24) is 0 Å². The Balaban J connectivity index is 2.19. The maximum Gasteiger partial charge on any atom is 0.141 e. The fourth-order valence-corrected chi connectivity index (χ4v) is 2.26. The van der Waals surface area contributed by atoms with Gasteiger partial charge in [-0.2, -0.15) is 0 Å². The Bertz CT molecular complexity index is 632. The Kier molecular flexibility index (Phi) is 5.15. The van der Waals surface area contributed by atoms with Crippen LogP contribution in [0.15, 0.2) is 36.4 Å². The van der Waals surface area contributed by atoms with Crippen LogP contribution in [0.2, 0.25) is 5.02 Å². The Morgan fingerprint density at radius 2 is 1.95 bits per heavy atom. The summed E-state index contributed by atoms with van der Waals surface area (Å²) in [4.78, 5) is 0. The van der Waals surface area contributed by atoms with Gasteiger partial charge in [0.25, 0.3) is 0 Å². The molecule has 0 saturated heterocycles. The number of nitrogens with two attached hydrogens (primary N) is 1. The molecule has 2 rings (SSSR count). The van der Waals surface area contributed by atoms with Gasteiger partial charge in [-0.15, -0.1) is 0 Å². The standard InChI is InChI=1S/C16H16ClF2NO/c1-10(20)7-11-3-2-4-14(17)16(11)21-9-12-5-6-13(18)8-15(12)19/h2-6,8,10H,7,9,20H2,1H3. The summed E-state index contributed by atoms with van der Waals surface area (Å²) >= 11 is 6.12. The first kappa shape index (κ1) is 15.7. The molecule has 0 fully saturated rings. The molecule has 2 aromatic carbocycles. The molecule has 0 radical (unpaired) electrons. The van der Waals surface area contributed by atoms with Crippen LogP contribution in [0.25, 0.3) is 0 Å². The first-order valence-electron chi connectivity index (χ1n) is 6.57. The molecule has 0 bridgehead atoms. The molecular formula is C16H16ClF2NO. The van der Waals surface area contributed by atoms with E-state index >= 15 is 0 Å². The second kappa shape index (κ2) is 6.87. The van der Waals surface area contributed by atoms with Crippen molar-refractivity contribution in [2.75, 3.05) is 0 Å². The molecular weight excluding hydrogens is 296 g/mol. The zero-order valence-electron chi connectivity index (χ0n) is 11.6. The molecule has 5 heteroatoms. The second-order valence-electron chi connectivity index (χ2n) is 4.93. The normalized spacial score (nSPS) is 12.2. The Morgan fingerprint density at radius 1 is 1.19 bits per heavy atom. The van der Waals surface area contributed by atoms with Crippen LogP contribution in [0.4, 0.5) is 8.78 Å². The van der Waals surface area contributed by atoms with Gasteiger partial charge in [0.2, 0.25) is 0 Å². The van der Waals surface area contributed by atoms with Crippen LogP contribution in [0, 0.1) is 11.6 Å². The SMILES string of the molecule is CC(N)Cc1cccc(Cl)c1OCc1ccc(F)cc1F. The van der Waals surface area contributed by atoms with E-state index in [9.17, 15) is 8.78 Å². The fraction of sp³-hybridized carbons (Fsp3) is 0.250. The van der Waals surface area contributed by atoms with Crippen molar-refractivity contribution in [2.45, 2.75) is 26.0 Å². The van der Waals surface area contributed by atoms with Crippen LogP contribution in [0.5, 0.6) is 5.75 Å². The van der Waals surface area contributed by atoms with Gasteiger partial charge in [0, 0.05) is 17.7 Å². The van der Waals surface area contributed by atoms with E-state index in [1.807, 2.05) is 19.1 Å². The molecule has 0 spiro atoms. The van der Waals surface area contributed by atoms with Gasteiger partial charge < -0.3 is 10.5 Å². The number of benzene rings is 2. The highest BCUT2D eigenvalue weighted by Crippen LogP contribution is 2.30. The van der Waals surface area contributed by atoms with E-state index in [1.165, 1.54) is 12.1 Å². The van der Waals surface area contributed by atoms with Gasteiger partial charge in [-0.3, -0.25) is 0 Å². The lowest BCUT2D eigenvalue weighted by atomic mass is 10.1. The maximum atomic E-state index is 13.6. The van der Waals surface area contributed by atoms with E-state index in [4.69, 9.17) is 22.1 Å². The molecule has 0 aliphatic rings. The molecule has 112 valence electrons. The molecule has 0 heterocycles. The lowest BCUT2D eigenvalue weighted by molar-refractivity contribution is 0.296. The van der Waals surface area contributed by atoms with Crippen molar-refractivity contribution in [3.63, 3.8) is 0 Å². The largest absolute Gasteiger partial charge is 0.487 e. The highest BCUT2D eigenvalue weighted by atomic mass is 35.5. The van der Waals surface area contributed by atoms with Crippen molar-refractivity contribution < 1.29 is 13.5 Å². The van der Waals surface area contributed by atoms with Gasteiger partial charge in [0.15, 0.2) is 0 Å². The van der Waals surface area contributed by atoms with Crippen LogP contribution < -0.4 is 10.5 Å². The van der Waals surface area contributed by atoms with E-state index in [1.54, 1.807) is 6.07 Å². The van der Waals surface area contributed by atoms with Crippen LogP contribution >= 0.6 is 11.6 Å². The lowest BCUT2D eigenvalue weighted by Gasteiger charge is -2.15. The predicted octanol–water partition coefficient (Wildman–Crippen LogP) is 4.09. The molecule has 0 aliphatic heterocycles. The summed E-state index contributed by atoms with van der Waals surface area (Å²) in [6.45, 7) is 1.85. The molecule has 2 nitrogen and oxygen atoms in total. The first-order chi connectivity index (χ1) is 9.97. The van der Waals surface area contributed by atoms with Gasteiger partial charge >= 0.3 is 0 Å². The van der Waals surface area contributed by atoms with Gasteiger partial charge in [-0.1, -0.05) is 23.7 Å². The number of hydrogen-bond donors (Lipinski definition) is 1.